The van der Waals surface area contributed by atoms with Crippen molar-refractivity contribution >= 4 is 5.97 Å². The van der Waals surface area contributed by atoms with Gasteiger partial charge in [-0.25, -0.2) is 4.79 Å². The van der Waals surface area contributed by atoms with Gasteiger partial charge in [-0.1, -0.05) is 29.4 Å². The third-order valence-electron chi connectivity index (χ3n) is 5.23. The van der Waals surface area contributed by atoms with Crippen LogP contribution >= 0.6 is 0 Å². The van der Waals surface area contributed by atoms with E-state index in [2.05, 4.69) is 22.2 Å². The Morgan fingerprint density at radius 3 is 2.32 bits per heavy atom. The van der Waals surface area contributed by atoms with Crippen molar-refractivity contribution in [2.75, 3.05) is 19.6 Å². The molecule has 0 atom stereocenters. The molecule has 0 unspecified atom stereocenters. The molecular weight excluding hydrogens is 280 g/mol. The Balaban J connectivity index is 1.61. The van der Waals surface area contributed by atoms with Gasteiger partial charge in [0, 0.05) is 11.6 Å². The van der Waals surface area contributed by atoms with Crippen LogP contribution in [0, 0.1) is 0 Å². The Morgan fingerprint density at radius 2 is 1.77 bits per heavy atom. The van der Waals surface area contributed by atoms with Gasteiger partial charge in [0.15, 0.2) is 0 Å². The molecule has 3 fully saturated rings. The summed E-state index contributed by atoms with van der Waals surface area (Å²) in [5.41, 5.74) is 3.20. The fraction of sp³-hybridized carbons (Fsp3) is 0.412. The lowest BCUT2D eigenvalue weighted by atomic mass is 9.67. The minimum absolute atomic E-state index is 0.127. The van der Waals surface area contributed by atoms with E-state index >= 15 is 0 Å². The molecule has 5 nitrogen and oxygen atoms in total. The normalized spacial score (nSPS) is 27.0. The number of aromatic nitrogens is 1. The molecule has 22 heavy (non-hydrogen) atoms. The summed E-state index contributed by atoms with van der Waals surface area (Å²) in [4.78, 5) is 13.4. The summed E-state index contributed by atoms with van der Waals surface area (Å²) in [5.74, 6) is -1.22. The van der Waals surface area contributed by atoms with Crippen molar-refractivity contribution < 1.29 is 14.4 Å². The Kier molecular flexibility index (Phi) is 3.04. The molecule has 3 aliphatic heterocycles. The van der Waals surface area contributed by atoms with Gasteiger partial charge in [-0.3, -0.25) is 0 Å². The molecule has 2 bridgehead atoms. The third-order valence-corrected chi connectivity index (χ3v) is 5.23. The maximum absolute atomic E-state index is 10.9. The lowest BCUT2D eigenvalue weighted by Gasteiger charge is -2.48. The third kappa shape index (κ3) is 2.13. The lowest BCUT2D eigenvalue weighted by molar-refractivity contribution is 0.0652. The highest BCUT2D eigenvalue weighted by Gasteiger charge is 2.40. The van der Waals surface area contributed by atoms with Gasteiger partial charge in [0.25, 0.3) is 0 Å². The van der Waals surface area contributed by atoms with Gasteiger partial charge in [-0.2, -0.15) is 0 Å². The first-order chi connectivity index (χ1) is 10.7. The monoisotopic (exact) mass is 298 g/mol. The highest BCUT2D eigenvalue weighted by atomic mass is 16.5. The maximum Gasteiger partial charge on any atom is 0.374 e. The van der Waals surface area contributed by atoms with Gasteiger partial charge < -0.3 is 14.5 Å². The molecule has 2 aromatic rings. The first-order valence-corrected chi connectivity index (χ1v) is 7.70. The van der Waals surface area contributed by atoms with E-state index in [-0.39, 0.29) is 5.76 Å². The van der Waals surface area contributed by atoms with E-state index in [1.807, 2.05) is 12.1 Å². The first-order valence-electron chi connectivity index (χ1n) is 7.70. The van der Waals surface area contributed by atoms with Crippen LogP contribution in [0.1, 0.15) is 35.4 Å². The predicted molar refractivity (Wildman–Crippen MR) is 80.9 cm³/mol. The minimum atomic E-state index is -1.09. The SMILES string of the molecule is O=C(O)c1cc(-c2ccc(C34CCN(CC3)CC4)cc2)no1. The van der Waals surface area contributed by atoms with Crippen molar-refractivity contribution in [3.8, 4) is 11.3 Å². The van der Waals surface area contributed by atoms with Gasteiger partial charge in [-0.05, 0) is 49.9 Å². The molecule has 0 aliphatic carbocycles. The van der Waals surface area contributed by atoms with E-state index in [1.54, 1.807) is 0 Å². The average Bonchev–Trinajstić information content (AvgIpc) is 3.07. The number of hydrogen-bond donors (Lipinski definition) is 1. The number of aromatic carboxylic acids is 1. The molecule has 1 aromatic heterocycles. The molecule has 114 valence electrons. The number of fused-ring (bicyclic) bond motifs is 3. The molecule has 3 saturated heterocycles. The van der Waals surface area contributed by atoms with Gasteiger partial charge >= 0.3 is 5.97 Å². The highest BCUT2D eigenvalue weighted by Crippen LogP contribution is 2.43. The number of rotatable bonds is 3. The number of nitrogens with zero attached hydrogens (tertiary/aromatic N) is 2. The van der Waals surface area contributed by atoms with E-state index < -0.39 is 5.97 Å². The van der Waals surface area contributed by atoms with Crippen LogP contribution in [-0.4, -0.2) is 40.8 Å². The summed E-state index contributed by atoms with van der Waals surface area (Å²) < 4.78 is 4.82. The molecular formula is C17H18N2O3. The van der Waals surface area contributed by atoms with Crippen molar-refractivity contribution in [1.29, 1.82) is 0 Å². The van der Waals surface area contributed by atoms with E-state index in [0.717, 1.165) is 5.56 Å². The topological polar surface area (TPSA) is 66.6 Å². The maximum atomic E-state index is 10.9. The Morgan fingerprint density at radius 1 is 1.14 bits per heavy atom. The minimum Gasteiger partial charge on any atom is -0.475 e. The number of carboxylic acids is 1. The van der Waals surface area contributed by atoms with Crippen molar-refractivity contribution in [3.63, 3.8) is 0 Å². The van der Waals surface area contributed by atoms with Crippen LogP contribution in [0.25, 0.3) is 11.3 Å². The van der Waals surface area contributed by atoms with Crippen LogP contribution in [0.5, 0.6) is 0 Å². The second-order valence-corrected chi connectivity index (χ2v) is 6.33. The number of hydrogen-bond acceptors (Lipinski definition) is 4. The zero-order valence-corrected chi connectivity index (χ0v) is 12.3. The summed E-state index contributed by atoms with van der Waals surface area (Å²) in [6.45, 7) is 3.60. The van der Waals surface area contributed by atoms with Gasteiger partial charge in [0.1, 0.15) is 5.69 Å². The molecule has 0 radical (unpaired) electrons. The fourth-order valence-electron chi connectivity index (χ4n) is 3.77. The Hall–Kier alpha value is -2.14. The van der Waals surface area contributed by atoms with Crippen LogP contribution in [0.3, 0.4) is 0 Å². The smallest absolute Gasteiger partial charge is 0.374 e. The molecule has 4 heterocycles. The Bertz CT molecular complexity index is 683. The molecule has 0 amide bonds. The first kappa shape index (κ1) is 13.5. The summed E-state index contributed by atoms with van der Waals surface area (Å²) in [5, 5.41) is 12.7. The van der Waals surface area contributed by atoms with Crippen LogP contribution < -0.4 is 0 Å². The summed E-state index contributed by atoms with van der Waals surface area (Å²) in [7, 11) is 0. The largest absolute Gasteiger partial charge is 0.475 e. The van der Waals surface area contributed by atoms with Crippen LogP contribution in [0.2, 0.25) is 0 Å². The molecule has 3 aliphatic rings. The number of carbonyl (C=O) groups is 1. The van der Waals surface area contributed by atoms with Crippen molar-refractivity contribution in [1.82, 2.24) is 10.1 Å². The number of piperidine rings is 3. The number of benzene rings is 1. The molecule has 0 saturated carbocycles. The molecule has 5 heteroatoms. The zero-order valence-electron chi connectivity index (χ0n) is 12.3. The fourth-order valence-corrected chi connectivity index (χ4v) is 3.77. The second kappa shape index (κ2) is 4.95. The van der Waals surface area contributed by atoms with E-state index in [4.69, 9.17) is 9.63 Å². The van der Waals surface area contributed by atoms with Crippen molar-refractivity contribution in [3.05, 3.63) is 41.7 Å². The molecule has 1 N–H and O–H groups in total. The molecule has 0 spiro atoms. The van der Waals surface area contributed by atoms with Crippen LogP contribution in [0.15, 0.2) is 34.9 Å². The van der Waals surface area contributed by atoms with Gasteiger partial charge in [-0.15, -0.1) is 0 Å². The zero-order chi connectivity index (χ0) is 15.2. The van der Waals surface area contributed by atoms with Gasteiger partial charge in [0.2, 0.25) is 5.76 Å². The van der Waals surface area contributed by atoms with Crippen LogP contribution in [-0.2, 0) is 5.41 Å². The lowest BCUT2D eigenvalue weighted by Crippen LogP contribution is -2.50. The standard InChI is InChI=1S/C17H18N2O3/c20-16(21)15-11-14(18-22-15)12-1-3-13(4-2-12)17-5-8-19(9-6-17)10-7-17/h1-4,11H,5-10H2,(H,20,21). The van der Waals surface area contributed by atoms with E-state index in [1.165, 1.54) is 50.5 Å². The van der Waals surface area contributed by atoms with Crippen molar-refractivity contribution in [2.45, 2.75) is 24.7 Å². The predicted octanol–water partition coefficient (Wildman–Crippen LogP) is 2.78. The highest BCUT2D eigenvalue weighted by molar-refractivity contribution is 5.85. The quantitative estimate of drug-likeness (QED) is 0.943. The van der Waals surface area contributed by atoms with Crippen LogP contribution in [0.4, 0.5) is 0 Å². The van der Waals surface area contributed by atoms with E-state index in [9.17, 15) is 4.79 Å². The number of carboxylic acid groups (broad SMARTS) is 1. The molecule has 1 aromatic carbocycles. The van der Waals surface area contributed by atoms with E-state index in [0.29, 0.717) is 11.1 Å². The Labute approximate surface area is 128 Å². The van der Waals surface area contributed by atoms with Crippen molar-refractivity contribution in [2.24, 2.45) is 0 Å². The molecule has 5 rings (SSSR count). The average molecular weight is 298 g/mol. The summed E-state index contributed by atoms with van der Waals surface area (Å²) in [6.07, 6.45) is 3.71. The summed E-state index contributed by atoms with van der Waals surface area (Å²) in [6, 6.07) is 9.86. The second-order valence-electron chi connectivity index (χ2n) is 6.33. The van der Waals surface area contributed by atoms with Gasteiger partial charge in [0.05, 0.1) is 0 Å². The summed E-state index contributed by atoms with van der Waals surface area (Å²) >= 11 is 0.